The number of likely N-dealkylation sites (N-methyl/N-ethyl adjacent to an activating group) is 1. The van der Waals surface area contributed by atoms with Crippen LogP contribution in [0.3, 0.4) is 0 Å². The van der Waals surface area contributed by atoms with E-state index in [1.54, 1.807) is 19.2 Å². The fourth-order valence-corrected chi connectivity index (χ4v) is 1.65. The first-order chi connectivity index (χ1) is 8.15. The van der Waals surface area contributed by atoms with E-state index in [4.69, 9.17) is 10.5 Å². The maximum absolute atomic E-state index is 13.5. The maximum Gasteiger partial charge on any atom is 0.127 e. The van der Waals surface area contributed by atoms with Gasteiger partial charge in [-0.3, -0.25) is 0 Å². The molecule has 17 heavy (non-hydrogen) atoms. The number of benzene rings is 1. The summed E-state index contributed by atoms with van der Waals surface area (Å²) in [6.07, 6.45) is 0.737. The highest BCUT2D eigenvalue weighted by atomic mass is 19.1. The second-order valence-electron chi connectivity index (χ2n) is 4.21. The molecular formula is C13H21FN2O. The first-order valence-corrected chi connectivity index (χ1v) is 5.82. The van der Waals surface area contributed by atoms with Crippen molar-refractivity contribution in [2.75, 3.05) is 33.9 Å². The minimum absolute atomic E-state index is 0.223. The molecule has 0 aromatic heterocycles. The molecule has 0 bridgehead atoms. The normalized spacial score (nSPS) is 13.0. The number of nitrogens with two attached hydrogens (primary N) is 1. The lowest BCUT2D eigenvalue weighted by Crippen LogP contribution is -2.27. The Hall–Kier alpha value is -0.970. The monoisotopic (exact) mass is 240 g/mol. The molecule has 2 N–H and O–H groups in total. The van der Waals surface area contributed by atoms with E-state index in [2.05, 4.69) is 4.90 Å². The second kappa shape index (κ2) is 7.37. The number of hydrogen-bond acceptors (Lipinski definition) is 3. The average Bonchev–Trinajstić information content (AvgIpc) is 2.34. The van der Waals surface area contributed by atoms with Gasteiger partial charge in [0.15, 0.2) is 0 Å². The van der Waals surface area contributed by atoms with Crippen molar-refractivity contribution in [3.8, 4) is 0 Å². The van der Waals surface area contributed by atoms with Crippen molar-refractivity contribution in [3.63, 3.8) is 0 Å². The molecule has 1 aromatic carbocycles. The first-order valence-electron chi connectivity index (χ1n) is 5.82. The fraction of sp³-hybridized carbons (Fsp3) is 0.538. The number of methoxy groups -OCH3 is 1. The van der Waals surface area contributed by atoms with Gasteiger partial charge in [0, 0.05) is 25.3 Å². The van der Waals surface area contributed by atoms with Gasteiger partial charge in [0.05, 0.1) is 6.61 Å². The lowest BCUT2D eigenvalue weighted by atomic mass is 10.0. The van der Waals surface area contributed by atoms with Gasteiger partial charge >= 0.3 is 0 Å². The minimum Gasteiger partial charge on any atom is -0.383 e. The van der Waals surface area contributed by atoms with E-state index in [9.17, 15) is 4.39 Å². The van der Waals surface area contributed by atoms with E-state index in [1.807, 2.05) is 13.1 Å². The van der Waals surface area contributed by atoms with Crippen molar-refractivity contribution in [1.82, 2.24) is 4.90 Å². The zero-order valence-electron chi connectivity index (χ0n) is 10.5. The largest absolute Gasteiger partial charge is 0.383 e. The molecule has 0 spiro atoms. The molecule has 4 heteroatoms. The molecule has 0 saturated heterocycles. The van der Waals surface area contributed by atoms with Crippen LogP contribution in [0.4, 0.5) is 4.39 Å². The van der Waals surface area contributed by atoms with Crippen molar-refractivity contribution in [2.45, 2.75) is 12.5 Å². The molecule has 0 aliphatic heterocycles. The van der Waals surface area contributed by atoms with Crippen molar-refractivity contribution < 1.29 is 9.13 Å². The van der Waals surface area contributed by atoms with Crippen LogP contribution in [0.15, 0.2) is 24.3 Å². The van der Waals surface area contributed by atoms with Crippen molar-refractivity contribution in [3.05, 3.63) is 35.6 Å². The number of halogens is 1. The third-order valence-corrected chi connectivity index (χ3v) is 2.80. The molecule has 3 nitrogen and oxygen atoms in total. The highest BCUT2D eigenvalue weighted by molar-refractivity contribution is 5.20. The quantitative estimate of drug-likeness (QED) is 0.789. The van der Waals surface area contributed by atoms with Crippen LogP contribution in [0, 0.1) is 5.82 Å². The van der Waals surface area contributed by atoms with Gasteiger partial charge in [0.1, 0.15) is 5.82 Å². The molecule has 0 fully saturated rings. The highest BCUT2D eigenvalue weighted by Crippen LogP contribution is 2.17. The second-order valence-corrected chi connectivity index (χ2v) is 4.21. The number of ether oxygens (including phenoxy) is 1. The van der Waals surface area contributed by atoms with Gasteiger partial charge in [-0.05, 0) is 26.1 Å². The number of rotatable bonds is 7. The summed E-state index contributed by atoms with van der Waals surface area (Å²) in [5.41, 5.74) is 6.57. The SMILES string of the molecule is COCCN(C)CCC(N)c1ccccc1F. The lowest BCUT2D eigenvalue weighted by Gasteiger charge is -2.19. The van der Waals surface area contributed by atoms with E-state index < -0.39 is 0 Å². The summed E-state index contributed by atoms with van der Waals surface area (Å²) in [6, 6.07) is 6.43. The van der Waals surface area contributed by atoms with Gasteiger partial charge < -0.3 is 15.4 Å². The zero-order valence-corrected chi connectivity index (χ0v) is 10.5. The van der Waals surface area contributed by atoms with Gasteiger partial charge in [-0.2, -0.15) is 0 Å². The van der Waals surface area contributed by atoms with Crippen LogP contribution in [0.2, 0.25) is 0 Å². The Morgan fingerprint density at radius 2 is 2.06 bits per heavy atom. The number of hydrogen-bond donors (Lipinski definition) is 1. The molecular weight excluding hydrogens is 219 g/mol. The molecule has 96 valence electrons. The van der Waals surface area contributed by atoms with Crippen LogP contribution >= 0.6 is 0 Å². The van der Waals surface area contributed by atoms with Crippen LogP contribution in [0.25, 0.3) is 0 Å². The summed E-state index contributed by atoms with van der Waals surface area (Å²) in [5, 5.41) is 0. The van der Waals surface area contributed by atoms with Crippen molar-refractivity contribution in [1.29, 1.82) is 0 Å². The fourth-order valence-electron chi connectivity index (χ4n) is 1.65. The predicted octanol–water partition coefficient (Wildman–Crippen LogP) is 1.79. The molecule has 1 rings (SSSR count). The van der Waals surface area contributed by atoms with E-state index >= 15 is 0 Å². The van der Waals surface area contributed by atoms with Gasteiger partial charge in [0.25, 0.3) is 0 Å². The van der Waals surface area contributed by atoms with E-state index in [0.29, 0.717) is 12.2 Å². The summed E-state index contributed by atoms with van der Waals surface area (Å²) < 4.78 is 18.4. The predicted molar refractivity (Wildman–Crippen MR) is 67.3 cm³/mol. The van der Waals surface area contributed by atoms with Gasteiger partial charge in [-0.25, -0.2) is 4.39 Å². The Morgan fingerprint density at radius 1 is 1.35 bits per heavy atom. The molecule has 0 aliphatic rings. The van der Waals surface area contributed by atoms with Crippen LogP contribution in [-0.2, 0) is 4.74 Å². The Kier molecular flexibility index (Phi) is 6.11. The first kappa shape index (κ1) is 14.1. The Labute approximate surface area is 102 Å². The van der Waals surface area contributed by atoms with E-state index in [-0.39, 0.29) is 11.9 Å². The third-order valence-electron chi connectivity index (χ3n) is 2.80. The summed E-state index contributed by atoms with van der Waals surface area (Å²) in [6.45, 7) is 2.39. The Balaban J connectivity index is 2.39. The van der Waals surface area contributed by atoms with Gasteiger partial charge in [-0.15, -0.1) is 0 Å². The summed E-state index contributed by atoms with van der Waals surface area (Å²) in [5.74, 6) is -0.223. The zero-order chi connectivity index (χ0) is 12.7. The van der Waals surface area contributed by atoms with Crippen molar-refractivity contribution >= 4 is 0 Å². The van der Waals surface area contributed by atoms with Crippen LogP contribution in [-0.4, -0.2) is 38.8 Å². The highest BCUT2D eigenvalue weighted by Gasteiger charge is 2.11. The molecule has 1 aromatic rings. The van der Waals surface area contributed by atoms with Crippen LogP contribution in [0.5, 0.6) is 0 Å². The molecule has 0 heterocycles. The van der Waals surface area contributed by atoms with Gasteiger partial charge in [-0.1, -0.05) is 18.2 Å². The minimum atomic E-state index is -0.249. The van der Waals surface area contributed by atoms with E-state index in [1.165, 1.54) is 6.07 Å². The summed E-state index contributed by atoms with van der Waals surface area (Å²) in [7, 11) is 3.69. The van der Waals surface area contributed by atoms with Crippen LogP contribution in [0.1, 0.15) is 18.0 Å². The van der Waals surface area contributed by atoms with Crippen molar-refractivity contribution in [2.24, 2.45) is 5.73 Å². The molecule has 0 aliphatic carbocycles. The molecule has 0 saturated carbocycles. The van der Waals surface area contributed by atoms with E-state index in [0.717, 1.165) is 19.5 Å². The Bertz CT molecular complexity index is 333. The number of nitrogens with zero attached hydrogens (tertiary/aromatic N) is 1. The van der Waals surface area contributed by atoms with Gasteiger partial charge in [0.2, 0.25) is 0 Å². The Morgan fingerprint density at radius 3 is 2.71 bits per heavy atom. The topological polar surface area (TPSA) is 38.5 Å². The third kappa shape index (κ3) is 4.81. The molecule has 0 amide bonds. The lowest BCUT2D eigenvalue weighted by molar-refractivity contribution is 0.159. The molecule has 1 unspecified atom stereocenters. The smallest absolute Gasteiger partial charge is 0.127 e. The standard InChI is InChI=1S/C13H21FN2O/c1-16(9-10-17-2)8-7-13(15)11-5-3-4-6-12(11)14/h3-6,13H,7-10,15H2,1-2H3. The molecule has 1 atom stereocenters. The summed E-state index contributed by atoms with van der Waals surface area (Å²) >= 11 is 0. The average molecular weight is 240 g/mol. The summed E-state index contributed by atoms with van der Waals surface area (Å²) in [4.78, 5) is 2.13. The maximum atomic E-state index is 13.5. The van der Waals surface area contributed by atoms with Crippen LogP contribution < -0.4 is 5.73 Å². The molecule has 0 radical (unpaired) electrons.